The third-order valence-electron chi connectivity index (χ3n) is 6.05. The van der Waals surface area contributed by atoms with Gasteiger partial charge in [-0.2, -0.15) is 5.26 Å². The standard InChI is InChI=1S/C30H31N3O3S/c1-30(2,3)36-29(35)32-17-18-33(24(21-32)19-22-11-5-4-6-12-22)28(34)25-14-8-10-16-27(25)37-26-15-9-7-13-23(26)20-31/h4-16,24H,17-19,21H2,1-3H3/t24-/m1/s1. The van der Waals surface area contributed by atoms with Crippen molar-refractivity contribution in [2.75, 3.05) is 19.6 Å². The lowest BCUT2D eigenvalue weighted by Crippen LogP contribution is -2.58. The molecule has 3 aromatic carbocycles. The molecule has 37 heavy (non-hydrogen) atoms. The van der Waals surface area contributed by atoms with E-state index in [4.69, 9.17) is 4.74 Å². The van der Waals surface area contributed by atoms with Gasteiger partial charge in [0.1, 0.15) is 11.7 Å². The molecule has 0 radical (unpaired) electrons. The molecule has 6 nitrogen and oxygen atoms in total. The van der Waals surface area contributed by atoms with Crippen molar-refractivity contribution in [2.24, 2.45) is 0 Å². The molecule has 2 amide bonds. The Kier molecular flexibility index (Phi) is 8.20. The highest BCUT2D eigenvalue weighted by Gasteiger charge is 2.35. The molecule has 190 valence electrons. The van der Waals surface area contributed by atoms with Crippen molar-refractivity contribution in [3.63, 3.8) is 0 Å². The molecular formula is C30H31N3O3S. The Morgan fingerprint density at radius 1 is 0.946 bits per heavy atom. The summed E-state index contributed by atoms with van der Waals surface area (Å²) in [5.41, 5.74) is 1.67. The Hall–Kier alpha value is -3.76. The quantitative estimate of drug-likeness (QED) is 0.418. The molecule has 1 atom stereocenters. The van der Waals surface area contributed by atoms with Crippen molar-refractivity contribution < 1.29 is 14.3 Å². The molecule has 1 heterocycles. The van der Waals surface area contributed by atoms with E-state index in [1.165, 1.54) is 11.8 Å². The summed E-state index contributed by atoms with van der Waals surface area (Å²) in [6.45, 7) is 6.76. The first-order valence-corrected chi connectivity index (χ1v) is 13.2. The van der Waals surface area contributed by atoms with Crippen molar-refractivity contribution in [3.8, 4) is 6.07 Å². The number of amides is 2. The van der Waals surface area contributed by atoms with Gasteiger partial charge >= 0.3 is 6.09 Å². The van der Waals surface area contributed by atoms with Crippen LogP contribution in [-0.4, -0.2) is 53.1 Å². The van der Waals surface area contributed by atoms with Gasteiger partial charge in [-0.3, -0.25) is 4.79 Å². The van der Waals surface area contributed by atoms with Gasteiger partial charge < -0.3 is 14.5 Å². The summed E-state index contributed by atoms with van der Waals surface area (Å²) in [4.78, 5) is 32.0. The summed E-state index contributed by atoms with van der Waals surface area (Å²) in [5, 5.41) is 9.51. The highest BCUT2D eigenvalue weighted by atomic mass is 32.2. The van der Waals surface area contributed by atoms with Gasteiger partial charge in [0.25, 0.3) is 5.91 Å². The van der Waals surface area contributed by atoms with Gasteiger partial charge in [-0.15, -0.1) is 0 Å². The fourth-order valence-electron chi connectivity index (χ4n) is 4.33. The third-order valence-corrected chi connectivity index (χ3v) is 7.21. The van der Waals surface area contributed by atoms with Crippen LogP contribution in [0.1, 0.15) is 42.3 Å². The molecule has 1 fully saturated rings. The van der Waals surface area contributed by atoms with E-state index in [9.17, 15) is 14.9 Å². The zero-order chi connectivity index (χ0) is 26.4. The molecule has 0 aliphatic carbocycles. The maximum atomic E-state index is 14.0. The van der Waals surface area contributed by atoms with Gasteiger partial charge in [-0.1, -0.05) is 66.4 Å². The second-order valence-electron chi connectivity index (χ2n) is 9.97. The van der Waals surface area contributed by atoms with Crippen LogP contribution in [0.15, 0.2) is 88.7 Å². The Labute approximate surface area is 222 Å². The predicted octanol–water partition coefficient (Wildman–Crippen LogP) is 6.01. The van der Waals surface area contributed by atoms with Crippen LogP contribution in [0, 0.1) is 11.3 Å². The van der Waals surface area contributed by atoms with Crippen LogP contribution in [0.25, 0.3) is 0 Å². The molecule has 4 rings (SSSR count). The average molecular weight is 514 g/mol. The average Bonchev–Trinajstić information content (AvgIpc) is 2.88. The SMILES string of the molecule is CC(C)(C)OC(=O)N1CCN(C(=O)c2ccccc2Sc2ccccc2C#N)[C@H](Cc2ccccc2)C1. The summed E-state index contributed by atoms with van der Waals surface area (Å²) >= 11 is 1.42. The minimum absolute atomic E-state index is 0.0812. The van der Waals surface area contributed by atoms with Crippen molar-refractivity contribution >= 4 is 23.8 Å². The fraction of sp³-hybridized carbons (Fsp3) is 0.300. The van der Waals surface area contributed by atoms with Crippen LogP contribution in [-0.2, 0) is 11.2 Å². The normalized spacial score (nSPS) is 15.7. The highest BCUT2D eigenvalue weighted by Crippen LogP contribution is 2.34. The topological polar surface area (TPSA) is 73.6 Å². The van der Waals surface area contributed by atoms with E-state index in [1.54, 1.807) is 11.0 Å². The zero-order valence-electron chi connectivity index (χ0n) is 21.4. The number of ether oxygens (including phenoxy) is 1. The Morgan fingerprint density at radius 3 is 2.30 bits per heavy atom. The summed E-state index contributed by atoms with van der Waals surface area (Å²) < 4.78 is 5.62. The number of nitrogens with zero attached hydrogens (tertiary/aromatic N) is 3. The van der Waals surface area contributed by atoms with Crippen LogP contribution in [0.4, 0.5) is 4.79 Å². The predicted molar refractivity (Wildman–Crippen MR) is 144 cm³/mol. The largest absolute Gasteiger partial charge is 0.444 e. The number of piperazine rings is 1. The molecular weight excluding hydrogens is 482 g/mol. The summed E-state index contributed by atoms with van der Waals surface area (Å²) in [6.07, 6.45) is 0.264. The smallest absolute Gasteiger partial charge is 0.410 e. The second kappa shape index (κ2) is 11.5. The number of rotatable bonds is 5. The zero-order valence-corrected chi connectivity index (χ0v) is 22.2. The van der Waals surface area contributed by atoms with E-state index in [-0.39, 0.29) is 18.0 Å². The minimum atomic E-state index is -0.588. The number of carbonyl (C=O) groups excluding carboxylic acids is 2. The summed E-state index contributed by atoms with van der Waals surface area (Å²) in [6, 6.07) is 26.9. The first-order valence-electron chi connectivity index (χ1n) is 12.3. The number of hydrogen-bond donors (Lipinski definition) is 0. The molecule has 0 N–H and O–H groups in total. The molecule has 1 aliphatic heterocycles. The van der Waals surface area contributed by atoms with E-state index in [0.717, 1.165) is 15.4 Å². The lowest BCUT2D eigenvalue weighted by atomic mass is 10.0. The van der Waals surface area contributed by atoms with E-state index >= 15 is 0 Å². The monoisotopic (exact) mass is 513 g/mol. The first kappa shape index (κ1) is 26.3. The van der Waals surface area contributed by atoms with Crippen LogP contribution in [0.5, 0.6) is 0 Å². The highest BCUT2D eigenvalue weighted by molar-refractivity contribution is 7.99. The van der Waals surface area contributed by atoms with Gasteiger partial charge in [-0.05, 0) is 57.0 Å². The molecule has 1 aliphatic rings. The maximum Gasteiger partial charge on any atom is 0.410 e. The van der Waals surface area contributed by atoms with E-state index in [2.05, 4.69) is 6.07 Å². The van der Waals surface area contributed by atoms with Crippen LogP contribution >= 0.6 is 11.8 Å². The molecule has 0 aromatic heterocycles. The molecule has 1 saturated heterocycles. The minimum Gasteiger partial charge on any atom is -0.444 e. The lowest BCUT2D eigenvalue weighted by Gasteiger charge is -2.42. The third kappa shape index (κ3) is 6.72. The van der Waals surface area contributed by atoms with Crippen molar-refractivity contribution in [1.29, 1.82) is 5.26 Å². The fourth-order valence-corrected chi connectivity index (χ4v) is 5.35. The van der Waals surface area contributed by atoms with E-state index < -0.39 is 5.60 Å². The Morgan fingerprint density at radius 2 is 1.59 bits per heavy atom. The number of benzene rings is 3. The molecule has 0 unspecified atom stereocenters. The molecule has 0 spiro atoms. The van der Waals surface area contributed by atoms with Crippen LogP contribution < -0.4 is 0 Å². The Bertz CT molecular complexity index is 1300. The van der Waals surface area contributed by atoms with E-state index in [1.807, 2.05) is 98.5 Å². The molecule has 3 aromatic rings. The lowest BCUT2D eigenvalue weighted by molar-refractivity contribution is 0.00431. The second-order valence-corrected chi connectivity index (χ2v) is 11.1. The van der Waals surface area contributed by atoms with E-state index in [0.29, 0.717) is 37.2 Å². The van der Waals surface area contributed by atoms with Gasteiger partial charge in [0.05, 0.1) is 17.2 Å². The van der Waals surface area contributed by atoms with Crippen molar-refractivity contribution in [2.45, 2.75) is 48.6 Å². The van der Waals surface area contributed by atoms with Gasteiger partial charge in [0.2, 0.25) is 0 Å². The summed E-state index contributed by atoms with van der Waals surface area (Å²) in [7, 11) is 0. The summed E-state index contributed by atoms with van der Waals surface area (Å²) in [5.74, 6) is -0.0812. The Balaban J connectivity index is 1.61. The van der Waals surface area contributed by atoms with Crippen molar-refractivity contribution in [3.05, 3.63) is 95.6 Å². The maximum absolute atomic E-state index is 14.0. The molecule has 0 bridgehead atoms. The van der Waals surface area contributed by atoms with Gasteiger partial charge in [-0.25, -0.2) is 4.79 Å². The number of carbonyl (C=O) groups is 2. The van der Waals surface area contributed by atoms with Gasteiger partial charge in [0.15, 0.2) is 0 Å². The molecule has 0 saturated carbocycles. The van der Waals surface area contributed by atoms with Crippen LogP contribution in [0.2, 0.25) is 0 Å². The molecule has 7 heteroatoms. The van der Waals surface area contributed by atoms with Gasteiger partial charge in [0, 0.05) is 29.4 Å². The van der Waals surface area contributed by atoms with Crippen LogP contribution in [0.3, 0.4) is 0 Å². The first-order chi connectivity index (χ1) is 17.7. The number of nitriles is 1. The number of hydrogen-bond acceptors (Lipinski definition) is 5. The van der Waals surface area contributed by atoms with Crippen molar-refractivity contribution in [1.82, 2.24) is 9.80 Å².